The maximum Gasteiger partial charge on any atom is 0.159 e. The summed E-state index contributed by atoms with van der Waals surface area (Å²) in [6.07, 6.45) is 0.230. The van der Waals surface area contributed by atoms with Crippen LogP contribution < -0.4 is 0 Å². The molecule has 0 heterocycles. The van der Waals surface area contributed by atoms with Gasteiger partial charge in [0.05, 0.1) is 5.60 Å². The van der Waals surface area contributed by atoms with Crippen molar-refractivity contribution in [2.24, 2.45) is 0 Å². The van der Waals surface area contributed by atoms with Gasteiger partial charge in [0.1, 0.15) is 0 Å². The van der Waals surface area contributed by atoms with Crippen LogP contribution in [0.25, 0.3) is 0 Å². The number of hydrogen-bond donors (Lipinski definition) is 1. The molecule has 0 bridgehead atoms. The summed E-state index contributed by atoms with van der Waals surface area (Å²) >= 11 is 0. The van der Waals surface area contributed by atoms with E-state index in [1.807, 2.05) is 18.2 Å². The predicted molar refractivity (Wildman–Crippen MR) is 66.1 cm³/mol. The summed E-state index contributed by atoms with van der Waals surface area (Å²) in [4.78, 5) is 0. The lowest BCUT2D eigenvalue weighted by Crippen LogP contribution is -2.24. The Bertz CT molecular complexity index is 535. The minimum Gasteiger partial charge on any atom is -0.385 e. The summed E-state index contributed by atoms with van der Waals surface area (Å²) in [6, 6.07) is 12.8. The van der Waals surface area contributed by atoms with Crippen molar-refractivity contribution in [3.05, 3.63) is 71.3 Å². The van der Waals surface area contributed by atoms with Crippen molar-refractivity contribution in [2.45, 2.75) is 18.9 Å². The van der Waals surface area contributed by atoms with E-state index in [9.17, 15) is 13.9 Å². The zero-order chi connectivity index (χ0) is 13.2. The SMILES string of the molecule is CC(O)(Cc1ccc(F)c(F)c1)c1ccccc1. The van der Waals surface area contributed by atoms with Crippen LogP contribution in [-0.2, 0) is 12.0 Å². The quantitative estimate of drug-likeness (QED) is 0.882. The molecule has 2 aromatic rings. The van der Waals surface area contributed by atoms with E-state index in [-0.39, 0.29) is 6.42 Å². The lowest BCUT2D eigenvalue weighted by atomic mass is 9.89. The Kier molecular flexibility index (Phi) is 3.43. The smallest absolute Gasteiger partial charge is 0.159 e. The highest BCUT2D eigenvalue weighted by Gasteiger charge is 2.23. The maximum absolute atomic E-state index is 13.1. The summed E-state index contributed by atoms with van der Waals surface area (Å²) in [6.45, 7) is 1.66. The Morgan fingerprint density at radius 2 is 1.67 bits per heavy atom. The van der Waals surface area contributed by atoms with Crippen LogP contribution in [0, 0.1) is 11.6 Å². The van der Waals surface area contributed by atoms with Gasteiger partial charge in [0.25, 0.3) is 0 Å². The molecule has 18 heavy (non-hydrogen) atoms. The molecular formula is C15H14F2O. The van der Waals surface area contributed by atoms with Crippen molar-refractivity contribution in [3.63, 3.8) is 0 Å². The third kappa shape index (κ3) is 2.74. The van der Waals surface area contributed by atoms with Crippen LogP contribution in [0.1, 0.15) is 18.1 Å². The van der Waals surface area contributed by atoms with Gasteiger partial charge < -0.3 is 5.11 Å². The van der Waals surface area contributed by atoms with Gasteiger partial charge in [-0.25, -0.2) is 8.78 Å². The molecule has 0 saturated carbocycles. The lowest BCUT2D eigenvalue weighted by molar-refractivity contribution is 0.0575. The molecule has 0 radical (unpaired) electrons. The molecule has 1 nitrogen and oxygen atoms in total. The molecule has 2 aromatic carbocycles. The van der Waals surface area contributed by atoms with E-state index in [1.165, 1.54) is 6.07 Å². The van der Waals surface area contributed by atoms with Gasteiger partial charge in [-0.3, -0.25) is 0 Å². The third-order valence-corrected chi connectivity index (χ3v) is 2.93. The van der Waals surface area contributed by atoms with Crippen molar-refractivity contribution in [3.8, 4) is 0 Å². The minimum atomic E-state index is -1.11. The van der Waals surface area contributed by atoms with Crippen LogP contribution in [-0.4, -0.2) is 5.11 Å². The van der Waals surface area contributed by atoms with Crippen LogP contribution in [0.4, 0.5) is 8.78 Å². The van der Waals surface area contributed by atoms with Crippen LogP contribution in [0.2, 0.25) is 0 Å². The molecule has 0 saturated heterocycles. The van der Waals surface area contributed by atoms with E-state index >= 15 is 0 Å². The Hall–Kier alpha value is -1.74. The predicted octanol–water partition coefficient (Wildman–Crippen LogP) is 3.42. The van der Waals surface area contributed by atoms with E-state index in [0.29, 0.717) is 5.56 Å². The zero-order valence-electron chi connectivity index (χ0n) is 10.0. The second-order valence-electron chi connectivity index (χ2n) is 4.57. The highest BCUT2D eigenvalue weighted by molar-refractivity contribution is 5.26. The van der Waals surface area contributed by atoms with Crippen molar-refractivity contribution in [1.82, 2.24) is 0 Å². The molecule has 0 fully saturated rings. The number of hydrogen-bond acceptors (Lipinski definition) is 1. The summed E-state index contributed by atoms with van der Waals surface area (Å²) < 4.78 is 25.9. The van der Waals surface area contributed by atoms with Gasteiger partial charge in [-0.05, 0) is 30.2 Å². The first-order valence-electron chi connectivity index (χ1n) is 5.71. The lowest BCUT2D eigenvalue weighted by Gasteiger charge is -2.24. The van der Waals surface area contributed by atoms with Gasteiger partial charge in [-0.2, -0.15) is 0 Å². The number of rotatable bonds is 3. The van der Waals surface area contributed by atoms with Crippen molar-refractivity contribution in [2.75, 3.05) is 0 Å². The molecule has 1 unspecified atom stereocenters. The Morgan fingerprint density at radius 1 is 1.00 bits per heavy atom. The maximum atomic E-state index is 13.1. The molecule has 1 N–H and O–H groups in total. The van der Waals surface area contributed by atoms with E-state index in [1.54, 1.807) is 19.1 Å². The van der Waals surface area contributed by atoms with E-state index in [4.69, 9.17) is 0 Å². The van der Waals surface area contributed by atoms with E-state index in [2.05, 4.69) is 0 Å². The van der Waals surface area contributed by atoms with E-state index in [0.717, 1.165) is 17.7 Å². The molecule has 0 aromatic heterocycles. The van der Waals surface area contributed by atoms with Crippen LogP contribution in [0.5, 0.6) is 0 Å². The highest BCUT2D eigenvalue weighted by Crippen LogP contribution is 2.25. The number of benzene rings is 2. The number of aliphatic hydroxyl groups is 1. The first kappa shape index (κ1) is 12.7. The monoisotopic (exact) mass is 248 g/mol. The van der Waals surface area contributed by atoms with Crippen LogP contribution in [0.15, 0.2) is 48.5 Å². The van der Waals surface area contributed by atoms with Gasteiger partial charge in [0.15, 0.2) is 11.6 Å². The molecule has 3 heteroatoms. The fourth-order valence-electron chi connectivity index (χ4n) is 1.95. The molecule has 2 rings (SSSR count). The molecule has 0 aliphatic carbocycles. The van der Waals surface area contributed by atoms with Crippen molar-refractivity contribution in [1.29, 1.82) is 0 Å². The van der Waals surface area contributed by atoms with Gasteiger partial charge >= 0.3 is 0 Å². The largest absolute Gasteiger partial charge is 0.385 e. The average molecular weight is 248 g/mol. The Morgan fingerprint density at radius 3 is 2.28 bits per heavy atom. The normalized spacial score (nSPS) is 14.2. The summed E-state index contributed by atoms with van der Waals surface area (Å²) in [7, 11) is 0. The summed E-state index contributed by atoms with van der Waals surface area (Å²) in [5, 5.41) is 10.4. The molecule has 0 amide bonds. The van der Waals surface area contributed by atoms with Crippen LogP contribution >= 0.6 is 0 Å². The fraction of sp³-hybridized carbons (Fsp3) is 0.200. The number of halogens is 2. The van der Waals surface area contributed by atoms with Crippen molar-refractivity contribution >= 4 is 0 Å². The molecule has 0 spiro atoms. The standard InChI is InChI=1S/C15H14F2O/c1-15(18,12-5-3-2-4-6-12)10-11-7-8-13(16)14(17)9-11/h2-9,18H,10H2,1H3. The summed E-state index contributed by atoms with van der Waals surface area (Å²) in [5.41, 5.74) is 0.198. The van der Waals surface area contributed by atoms with Gasteiger partial charge in [-0.1, -0.05) is 36.4 Å². The highest BCUT2D eigenvalue weighted by atomic mass is 19.2. The topological polar surface area (TPSA) is 20.2 Å². The molecule has 0 aliphatic rings. The Labute approximate surface area is 105 Å². The average Bonchev–Trinajstić information content (AvgIpc) is 2.35. The van der Waals surface area contributed by atoms with Gasteiger partial charge in [0, 0.05) is 6.42 Å². The zero-order valence-corrected chi connectivity index (χ0v) is 10.0. The molecular weight excluding hydrogens is 234 g/mol. The van der Waals surface area contributed by atoms with Crippen molar-refractivity contribution < 1.29 is 13.9 Å². The van der Waals surface area contributed by atoms with Gasteiger partial charge in [0.2, 0.25) is 0 Å². The second-order valence-corrected chi connectivity index (χ2v) is 4.57. The first-order chi connectivity index (χ1) is 8.49. The molecule has 94 valence electrons. The molecule has 1 atom stereocenters. The van der Waals surface area contributed by atoms with E-state index < -0.39 is 17.2 Å². The second kappa shape index (κ2) is 4.86. The van der Waals surface area contributed by atoms with Gasteiger partial charge in [-0.15, -0.1) is 0 Å². The van der Waals surface area contributed by atoms with Crippen LogP contribution in [0.3, 0.4) is 0 Å². The molecule has 0 aliphatic heterocycles. The Balaban J connectivity index is 2.25. The summed E-state index contributed by atoms with van der Waals surface area (Å²) in [5.74, 6) is -1.77. The third-order valence-electron chi connectivity index (χ3n) is 2.93. The first-order valence-corrected chi connectivity index (χ1v) is 5.71. The minimum absolute atomic E-state index is 0.230. The fourth-order valence-corrected chi connectivity index (χ4v) is 1.95.